The molecular formula is C14H25N3O. The molecule has 0 amide bonds. The molecule has 1 N–H and O–H groups in total. The van der Waals surface area contributed by atoms with Crippen molar-refractivity contribution < 1.29 is 4.74 Å². The summed E-state index contributed by atoms with van der Waals surface area (Å²) in [5.74, 6) is 0.611. The van der Waals surface area contributed by atoms with Crippen molar-refractivity contribution in [2.45, 2.75) is 45.8 Å². The minimum absolute atomic E-state index is 0.364. The van der Waals surface area contributed by atoms with E-state index in [0.29, 0.717) is 18.1 Å². The van der Waals surface area contributed by atoms with Crippen LogP contribution in [0, 0.1) is 12.8 Å². The molecule has 18 heavy (non-hydrogen) atoms. The van der Waals surface area contributed by atoms with Crippen LogP contribution >= 0.6 is 0 Å². The van der Waals surface area contributed by atoms with E-state index in [0.717, 1.165) is 31.7 Å². The third-order valence-corrected chi connectivity index (χ3v) is 3.95. The molecule has 3 unspecified atom stereocenters. The molecule has 0 bridgehead atoms. The SMILES string of the molecule is CCNC(Cc1cc(C)nn1C)C1CCOC1C. The van der Waals surface area contributed by atoms with Crippen molar-refractivity contribution in [2.75, 3.05) is 13.2 Å². The van der Waals surface area contributed by atoms with Gasteiger partial charge in [0, 0.05) is 37.7 Å². The molecule has 0 aromatic carbocycles. The Kier molecular flexibility index (Phi) is 4.40. The number of rotatable bonds is 5. The largest absolute Gasteiger partial charge is 0.378 e. The number of nitrogens with one attached hydrogen (secondary N) is 1. The molecule has 1 aliphatic heterocycles. The molecule has 4 heteroatoms. The van der Waals surface area contributed by atoms with Crippen LogP contribution in [0.5, 0.6) is 0 Å². The van der Waals surface area contributed by atoms with Gasteiger partial charge in [-0.15, -0.1) is 0 Å². The third-order valence-electron chi connectivity index (χ3n) is 3.95. The lowest BCUT2D eigenvalue weighted by Gasteiger charge is -2.26. The monoisotopic (exact) mass is 251 g/mol. The predicted octanol–water partition coefficient (Wildman–Crippen LogP) is 1.67. The molecule has 0 spiro atoms. The first-order chi connectivity index (χ1) is 8.61. The van der Waals surface area contributed by atoms with E-state index in [2.05, 4.69) is 30.3 Å². The van der Waals surface area contributed by atoms with Crippen molar-refractivity contribution in [3.63, 3.8) is 0 Å². The van der Waals surface area contributed by atoms with Crippen LogP contribution in [0.3, 0.4) is 0 Å². The third kappa shape index (κ3) is 2.93. The summed E-state index contributed by atoms with van der Waals surface area (Å²) in [7, 11) is 2.03. The molecule has 1 fully saturated rings. The molecule has 4 nitrogen and oxygen atoms in total. The first-order valence-electron chi connectivity index (χ1n) is 6.96. The molecule has 1 aliphatic rings. The molecule has 0 saturated carbocycles. The summed E-state index contributed by atoms with van der Waals surface area (Å²) >= 11 is 0. The van der Waals surface area contributed by atoms with Gasteiger partial charge in [0.15, 0.2) is 0 Å². The van der Waals surface area contributed by atoms with E-state index < -0.39 is 0 Å². The summed E-state index contributed by atoms with van der Waals surface area (Å²) < 4.78 is 7.70. The van der Waals surface area contributed by atoms with Crippen molar-refractivity contribution in [3.05, 3.63) is 17.5 Å². The topological polar surface area (TPSA) is 39.1 Å². The summed E-state index contributed by atoms with van der Waals surface area (Å²) in [5.41, 5.74) is 2.40. The Morgan fingerprint density at radius 1 is 1.61 bits per heavy atom. The van der Waals surface area contributed by atoms with E-state index >= 15 is 0 Å². The number of hydrogen-bond donors (Lipinski definition) is 1. The number of likely N-dealkylation sites (N-methyl/N-ethyl adjacent to an activating group) is 1. The Labute approximate surface area is 110 Å². The van der Waals surface area contributed by atoms with E-state index in [-0.39, 0.29) is 0 Å². The Morgan fingerprint density at radius 2 is 2.39 bits per heavy atom. The lowest BCUT2D eigenvalue weighted by molar-refractivity contribution is 0.0953. The van der Waals surface area contributed by atoms with Crippen LogP contribution in [-0.4, -0.2) is 35.1 Å². The fraction of sp³-hybridized carbons (Fsp3) is 0.786. The molecule has 0 radical (unpaired) electrons. The van der Waals surface area contributed by atoms with Crippen molar-refractivity contribution in [1.29, 1.82) is 0 Å². The maximum absolute atomic E-state index is 5.70. The van der Waals surface area contributed by atoms with E-state index in [1.165, 1.54) is 5.69 Å². The maximum atomic E-state index is 5.70. The number of aryl methyl sites for hydroxylation is 2. The van der Waals surface area contributed by atoms with Gasteiger partial charge in [-0.1, -0.05) is 6.92 Å². The van der Waals surface area contributed by atoms with Crippen LogP contribution in [0.2, 0.25) is 0 Å². The molecule has 0 aliphatic carbocycles. The van der Waals surface area contributed by atoms with Crippen LogP contribution < -0.4 is 5.32 Å². The van der Waals surface area contributed by atoms with Crippen molar-refractivity contribution in [2.24, 2.45) is 13.0 Å². The van der Waals surface area contributed by atoms with Gasteiger partial charge in [0.1, 0.15) is 0 Å². The van der Waals surface area contributed by atoms with Crippen LogP contribution in [0.1, 0.15) is 31.7 Å². The molecule has 1 aromatic rings. The summed E-state index contributed by atoms with van der Waals surface area (Å²) in [4.78, 5) is 0. The maximum Gasteiger partial charge on any atom is 0.0596 e. The lowest BCUT2D eigenvalue weighted by atomic mass is 9.90. The highest BCUT2D eigenvalue weighted by molar-refractivity contribution is 5.11. The average Bonchev–Trinajstić information content (AvgIpc) is 2.85. The van der Waals surface area contributed by atoms with Gasteiger partial charge in [-0.05, 0) is 32.9 Å². The first kappa shape index (κ1) is 13.6. The summed E-state index contributed by atoms with van der Waals surface area (Å²) in [6, 6.07) is 2.67. The summed E-state index contributed by atoms with van der Waals surface area (Å²) in [6.07, 6.45) is 2.56. The van der Waals surface area contributed by atoms with Crippen LogP contribution in [-0.2, 0) is 18.2 Å². The van der Waals surface area contributed by atoms with Gasteiger partial charge < -0.3 is 10.1 Å². The van der Waals surface area contributed by atoms with E-state index in [4.69, 9.17) is 4.74 Å². The molecule has 3 atom stereocenters. The highest BCUT2D eigenvalue weighted by Gasteiger charge is 2.31. The molecule has 102 valence electrons. The fourth-order valence-electron chi connectivity index (χ4n) is 2.99. The Bertz CT molecular complexity index is 388. The predicted molar refractivity (Wildman–Crippen MR) is 72.6 cm³/mol. The van der Waals surface area contributed by atoms with Gasteiger partial charge >= 0.3 is 0 Å². The minimum atomic E-state index is 0.364. The van der Waals surface area contributed by atoms with Crippen LogP contribution in [0.4, 0.5) is 0 Å². The van der Waals surface area contributed by atoms with Crippen molar-refractivity contribution in [1.82, 2.24) is 15.1 Å². The number of nitrogens with zero attached hydrogens (tertiary/aromatic N) is 2. The van der Waals surface area contributed by atoms with Gasteiger partial charge in [-0.25, -0.2) is 0 Å². The highest BCUT2D eigenvalue weighted by Crippen LogP contribution is 2.26. The van der Waals surface area contributed by atoms with Gasteiger partial charge in [0.05, 0.1) is 11.8 Å². The molecule has 2 heterocycles. The van der Waals surface area contributed by atoms with Crippen molar-refractivity contribution >= 4 is 0 Å². The molecule has 1 aromatic heterocycles. The average molecular weight is 251 g/mol. The quantitative estimate of drug-likeness (QED) is 0.865. The number of ether oxygens (including phenoxy) is 1. The van der Waals surface area contributed by atoms with Gasteiger partial charge in [0.2, 0.25) is 0 Å². The minimum Gasteiger partial charge on any atom is -0.378 e. The molecular weight excluding hydrogens is 226 g/mol. The van der Waals surface area contributed by atoms with E-state index in [9.17, 15) is 0 Å². The zero-order valence-corrected chi connectivity index (χ0v) is 11.9. The molecule has 1 saturated heterocycles. The Hall–Kier alpha value is -0.870. The fourth-order valence-corrected chi connectivity index (χ4v) is 2.99. The van der Waals surface area contributed by atoms with Crippen molar-refractivity contribution in [3.8, 4) is 0 Å². The zero-order chi connectivity index (χ0) is 13.1. The lowest BCUT2D eigenvalue weighted by Crippen LogP contribution is -2.41. The summed E-state index contributed by atoms with van der Waals surface area (Å²) in [5, 5.41) is 8.05. The van der Waals surface area contributed by atoms with Crippen LogP contribution in [0.25, 0.3) is 0 Å². The van der Waals surface area contributed by atoms with E-state index in [1.807, 2.05) is 18.7 Å². The van der Waals surface area contributed by atoms with Gasteiger partial charge in [0.25, 0.3) is 0 Å². The van der Waals surface area contributed by atoms with E-state index in [1.54, 1.807) is 0 Å². The second-order valence-electron chi connectivity index (χ2n) is 5.30. The standard InChI is InChI=1S/C14H25N3O/c1-5-15-14(13-6-7-18-11(13)3)9-12-8-10(2)16-17(12)4/h8,11,13-15H,5-7,9H2,1-4H3. The first-order valence-corrected chi connectivity index (χ1v) is 6.96. The highest BCUT2D eigenvalue weighted by atomic mass is 16.5. The number of aromatic nitrogens is 2. The number of hydrogen-bond acceptors (Lipinski definition) is 3. The normalized spacial score (nSPS) is 25.6. The Morgan fingerprint density at radius 3 is 2.89 bits per heavy atom. The van der Waals surface area contributed by atoms with Crippen LogP contribution in [0.15, 0.2) is 6.07 Å². The van der Waals surface area contributed by atoms with Gasteiger partial charge in [-0.3, -0.25) is 4.68 Å². The second-order valence-corrected chi connectivity index (χ2v) is 5.30. The second kappa shape index (κ2) is 5.85. The Balaban J connectivity index is 2.08. The van der Waals surface area contributed by atoms with Gasteiger partial charge in [-0.2, -0.15) is 5.10 Å². The molecule has 2 rings (SSSR count). The summed E-state index contributed by atoms with van der Waals surface area (Å²) in [6.45, 7) is 8.31. The smallest absolute Gasteiger partial charge is 0.0596 e. The zero-order valence-electron chi connectivity index (χ0n) is 11.9.